The second-order valence-electron chi connectivity index (χ2n) is 6.14. The highest BCUT2D eigenvalue weighted by Gasteiger charge is 2.07. The van der Waals surface area contributed by atoms with Crippen LogP contribution in [0.4, 0.5) is 5.82 Å². The summed E-state index contributed by atoms with van der Waals surface area (Å²) in [4.78, 5) is 16.2. The van der Waals surface area contributed by atoms with Crippen LogP contribution in [0.25, 0.3) is 0 Å². The number of aromatic nitrogens is 3. The summed E-state index contributed by atoms with van der Waals surface area (Å²) in [5.41, 5.74) is 1.05. The molecule has 0 saturated carbocycles. The molecule has 0 unspecified atom stereocenters. The highest BCUT2D eigenvalue weighted by atomic mass is 16.5. The van der Waals surface area contributed by atoms with Crippen molar-refractivity contribution in [3.63, 3.8) is 0 Å². The number of anilines is 1. The molecule has 0 aliphatic rings. The van der Waals surface area contributed by atoms with E-state index in [2.05, 4.69) is 15.4 Å². The third kappa shape index (κ3) is 5.84. The van der Waals surface area contributed by atoms with Crippen molar-refractivity contribution in [2.45, 2.75) is 26.3 Å². The van der Waals surface area contributed by atoms with Crippen molar-refractivity contribution in [2.75, 3.05) is 18.5 Å². The molecule has 2 heterocycles. The van der Waals surface area contributed by atoms with Gasteiger partial charge in [0.1, 0.15) is 0 Å². The Balaban J connectivity index is 1.40. The molecule has 0 bridgehead atoms. The Morgan fingerprint density at radius 2 is 1.93 bits per heavy atom. The van der Waals surface area contributed by atoms with Gasteiger partial charge in [-0.3, -0.25) is 14.5 Å². The van der Waals surface area contributed by atoms with Gasteiger partial charge in [-0.25, -0.2) is 0 Å². The molecule has 3 aromatic rings. The molecule has 0 aliphatic carbocycles. The van der Waals surface area contributed by atoms with E-state index in [1.165, 1.54) is 0 Å². The van der Waals surface area contributed by atoms with Crippen molar-refractivity contribution in [1.29, 1.82) is 0 Å². The number of carbonyl (C=O) groups is 1. The lowest BCUT2D eigenvalue weighted by Crippen LogP contribution is -2.13. The number of nitrogens with zero attached hydrogens (tertiary/aromatic N) is 3. The third-order valence-corrected chi connectivity index (χ3v) is 3.93. The average molecular weight is 380 g/mol. The molecule has 1 N–H and O–H groups in total. The first kappa shape index (κ1) is 19.4. The van der Waals surface area contributed by atoms with E-state index in [4.69, 9.17) is 9.47 Å². The lowest BCUT2D eigenvalue weighted by Gasteiger charge is -2.11. The summed E-state index contributed by atoms with van der Waals surface area (Å²) in [6.45, 7) is 3.55. The summed E-state index contributed by atoms with van der Waals surface area (Å²) < 4.78 is 13.0. The van der Waals surface area contributed by atoms with Crippen LogP contribution in [0.2, 0.25) is 0 Å². The van der Waals surface area contributed by atoms with Gasteiger partial charge >= 0.3 is 0 Å². The molecule has 28 heavy (non-hydrogen) atoms. The molecule has 7 heteroatoms. The number of amides is 1. The van der Waals surface area contributed by atoms with E-state index in [1.54, 1.807) is 23.1 Å². The van der Waals surface area contributed by atoms with Gasteiger partial charge in [-0.05, 0) is 37.1 Å². The van der Waals surface area contributed by atoms with Gasteiger partial charge in [0, 0.05) is 31.1 Å². The number of hydrogen-bond acceptors (Lipinski definition) is 5. The van der Waals surface area contributed by atoms with E-state index in [9.17, 15) is 4.79 Å². The smallest absolute Gasteiger partial charge is 0.225 e. The number of benzene rings is 1. The van der Waals surface area contributed by atoms with Crippen LogP contribution in [-0.2, 0) is 11.3 Å². The quantitative estimate of drug-likeness (QED) is 0.545. The van der Waals surface area contributed by atoms with Crippen LogP contribution in [0.1, 0.15) is 25.3 Å². The molecular weight excluding hydrogens is 356 g/mol. The van der Waals surface area contributed by atoms with Crippen LogP contribution in [0.5, 0.6) is 11.5 Å². The van der Waals surface area contributed by atoms with Gasteiger partial charge in [0.25, 0.3) is 0 Å². The summed E-state index contributed by atoms with van der Waals surface area (Å²) in [5.74, 6) is 1.86. The Morgan fingerprint density at radius 1 is 1.11 bits per heavy atom. The fourth-order valence-electron chi connectivity index (χ4n) is 2.66. The Morgan fingerprint density at radius 3 is 2.68 bits per heavy atom. The van der Waals surface area contributed by atoms with Crippen LogP contribution in [0, 0.1) is 0 Å². The van der Waals surface area contributed by atoms with E-state index in [0.717, 1.165) is 5.56 Å². The van der Waals surface area contributed by atoms with Gasteiger partial charge in [0.05, 0.1) is 19.8 Å². The minimum Gasteiger partial charge on any atom is -0.490 e. The lowest BCUT2D eigenvalue weighted by molar-refractivity contribution is -0.116. The van der Waals surface area contributed by atoms with Crippen molar-refractivity contribution < 1.29 is 14.3 Å². The Bertz CT molecular complexity index is 880. The van der Waals surface area contributed by atoms with Crippen molar-refractivity contribution in [3.05, 3.63) is 66.6 Å². The molecule has 146 valence electrons. The van der Waals surface area contributed by atoms with E-state index >= 15 is 0 Å². The predicted octanol–water partition coefficient (Wildman–Crippen LogP) is 3.52. The lowest BCUT2D eigenvalue weighted by atomic mass is 10.3. The fourth-order valence-corrected chi connectivity index (χ4v) is 2.66. The normalized spacial score (nSPS) is 10.5. The first-order valence-corrected chi connectivity index (χ1v) is 9.31. The number of nitrogens with one attached hydrogen (secondary N) is 1. The average Bonchev–Trinajstić information content (AvgIpc) is 3.14. The van der Waals surface area contributed by atoms with Crippen molar-refractivity contribution in [2.24, 2.45) is 0 Å². The maximum Gasteiger partial charge on any atom is 0.225 e. The molecule has 1 aromatic carbocycles. The third-order valence-electron chi connectivity index (χ3n) is 3.93. The fraction of sp³-hybridized carbons (Fsp3) is 0.286. The van der Waals surface area contributed by atoms with Gasteiger partial charge in [0.15, 0.2) is 17.3 Å². The van der Waals surface area contributed by atoms with Crippen LogP contribution in [0.15, 0.2) is 61.1 Å². The minimum absolute atomic E-state index is 0.0895. The zero-order chi connectivity index (χ0) is 19.6. The summed E-state index contributed by atoms with van der Waals surface area (Å²) in [5, 5.41) is 7.17. The molecule has 0 aliphatic heterocycles. The number of ether oxygens (including phenoxy) is 2. The first-order chi connectivity index (χ1) is 13.7. The van der Waals surface area contributed by atoms with Gasteiger partial charge < -0.3 is 14.8 Å². The number of rotatable bonds is 10. The molecule has 0 fully saturated rings. The molecule has 7 nitrogen and oxygen atoms in total. The monoisotopic (exact) mass is 380 g/mol. The highest BCUT2D eigenvalue weighted by Crippen LogP contribution is 2.26. The maximum absolute atomic E-state index is 12.1. The molecule has 1 amide bonds. The van der Waals surface area contributed by atoms with E-state index in [1.807, 2.05) is 49.5 Å². The van der Waals surface area contributed by atoms with Crippen LogP contribution in [0.3, 0.4) is 0 Å². The molecule has 0 radical (unpaired) electrons. The number of para-hydroxylation sites is 2. The zero-order valence-electron chi connectivity index (χ0n) is 15.9. The zero-order valence-corrected chi connectivity index (χ0v) is 15.9. The summed E-state index contributed by atoms with van der Waals surface area (Å²) in [6, 6.07) is 13.2. The topological polar surface area (TPSA) is 78.3 Å². The van der Waals surface area contributed by atoms with E-state index < -0.39 is 0 Å². The Labute approximate surface area is 164 Å². The maximum atomic E-state index is 12.1. The van der Waals surface area contributed by atoms with E-state index in [-0.39, 0.29) is 5.91 Å². The molecule has 2 aromatic heterocycles. The number of hydrogen-bond donors (Lipinski definition) is 1. The Hall–Kier alpha value is -3.35. The SMILES string of the molecule is CCOc1ccccc1OCCCC(=O)Nc1ccn(Cc2cccnc2)n1. The first-order valence-electron chi connectivity index (χ1n) is 9.31. The molecule has 0 spiro atoms. The Kier molecular flexibility index (Phi) is 7.01. The van der Waals surface area contributed by atoms with Crippen LogP contribution >= 0.6 is 0 Å². The predicted molar refractivity (Wildman–Crippen MR) is 107 cm³/mol. The second-order valence-corrected chi connectivity index (χ2v) is 6.14. The highest BCUT2D eigenvalue weighted by molar-refractivity contribution is 5.89. The standard InChI is InChI=1S/C21H24N4O3/c1-2-27-18-8-3-4-9-19(18)28-14-6-10-21(26)23-20-11-13-25(24-20)16-17-7-5-12-22-15-17/h3-5,7-9,11-13,15H,2,6,10,14,16H2,1H3,(H,23,24,26). The summed E-state index contributed by atoms with van der Waals surface area (Å²) in [6.07, 6.45) is 6.31. The largest absolute Gasteiger partial charge is 0.490 e. The number of carbonyl (C=O) groups excluding carboxylic acids is 1. The number of pyridine rings is 1. The molecular formula is C21H24N4O3. The van der Waals surface area contributed by atoms with E-state index in [0.29, 0.717) is 49.9 Å². The molecule has 3 rings (SSSR count). The van der Waals surface area contributed by atoms with Gasteiger partial charge in [-0.15, -0.1) is 0 Å². The van der Waals surface area contributed by atoms with Crippen molar-refractivity contribution in [3.8, 4) is 11.5 Å². The van der Waals surface area contributed by atoms with Crippen molar-refractivity contribution >= 4 is 11.7 Å². The summed E-state index contributed by atoms with van der Waals surface area (Å²) >= 11 is 0. The summed E-state index contributed by atoms with van der Waals surface area (Å²) in [7, 11) is 0. The molecule has 0 saturated heterocycles. The van der Waals surface area contributed by atoms with Gasteiger partial charge in [0.2, 0.25) is 5.91 Å². The van der Waals surface area contributed by atoms with Gasteiger partial charge in [-0.2, -0.15) is 5.10 Å². The van der Waals surface area contributed by atoms with Crippen LogP contribution < -0.4 is 14.8 Å². The van der Waals surface area contributed by atoms with Crippen molar-refractivity contribution in [1.82, 2.24) is 14.8 Å². The van der Waals surface area contributed by atoms with Crippen LogP contribution in [-0.4, -0.2) is 33.9 Å². The van der Waals surface area contributed by atoms with Gasteiger partial charge in [-0.1, -0.05) is 18.2 Å². The second kappa shape index (κ2) is 10.1. The minimum atomic E-state index is -0.0895. The molecule has 0 atom stereocenters.